The molecule has 2 rings (SSSR count). The summed E-state index contributed by atoms with van der Waals surface area (Å²) in [4.78, 5) is 12.1. The Morgan fingerprint density at radius 1 is 1.14 bits per heavy atom. The van der Waals surface area contributed by atoms with E-state index in [0.717, 1.165) is 24.1 Å². The highest BCUT2D eigenvalue weighted by Crippen LogP contribution is 2.05. The Hall–Kier alpha value is -2.25. The van der Waals surface area contributed by atoms with Crippen LogP contribution >= 0.6 is 0 Å². The fraction of sp³-hybridized carbons (Fsp3) is 0.353. The first-order chi connectivity index (χ1) is 10.2. The molecule has 1 N–H and O–H groups in total. The van der Waals surface area contributed by atoms with Crippen LogP contribution in [0.25, 0.3) is 0 Å². The maximum Gasteiger partial charge on any atom is 0.328 e. The molecule has 0 aliphatic rings. The van der Waals surface area contributed by atoms with Crippen molar-refractivity contribution >= 4 is 0 Å². The van der Waals surface area contributed by atoms with Crippen LogP contribution in [0.4, 0.5) is 0 Å². The largest absolute Gasteiger partial charge is 0.395 e. The van der Waals surface area contributed by atoms with Crippen molar-refractivity contribution in [3.05, 3.63) is 58.3 Å². The predicted molar refractivity (Wildman–Crippen MR) is 83.1 cm³/mol. The van der Waals surface area contributed by atoms with Gasteiger partial charge in [0.05, 0.1) is 13.2 Å². The van der Waals surface area contributed by atoms with Gasteiger partial charge in [0.1, 0.15) is 0 Å². The highest BCUT2D eigenvalue weighted by molar-refractivity contribution is 5.36. The first-order valence-electron chi connectivity index (χ1n) is 7.19. The first-order valence-corrected chi connectivity index (χ1v) is 7.19. The summed E-state index contributed by atoms with van der Waals surface area (Å²) in [7, 11) is 0. The molecule has 4 nitrogen and oxygen atoms in total. The van der Waals surface area contributed by atoms with Crippen LogP contribution in [0, 0.1) is 11.8 Å². The fourth-order valence-corrected chi connectivity index (χ4v) is 2.10. The third-order valence-corrected chi connectivity index (χ3v) is 3.16. The van der Waals surface area contributed by atoms with E-state index in [9.17, 15) is 4.79 Å². The standard InChI is InChI=1S/C17H20N2O2/c1-2-10-18-11-12-19(17(18)21)14-16-8-6-15(7-9-16)5-3-4-13-20/h6-9,11-12,20H,2,4,10,13-14H2,1H3. The van der Waals surface area contributed by atoms with Crippen LogP contribution in [0.3, 0.4) is 0 Å². The van der Waals surface area contributed by atoms with Crippen molar-refractivity contribution in [3.8, 4) is 11.8 Å². The lowest BCUT2D eigenvalue weighted by Gasteiger charge is -2.02. The van der Waals surface area contributed by atoms with Crippen molar-refractivity contribution in [2.24, 2.45) is 0 Å². The highest BCUT2D eigenvalue weighted by atomic mass is 16.2. The summed E-state index contributed by atoms with van der Waals surface area (Å²) in [6, 6.07) is 7.83. The van der Waals surface area contributed by atoms with Gasteiger partial charge in [-0.1, -0.05) is 30.9 Å². The van der Waals surface area contributed by atoms with Crippen molar-refractivity contribution in [1.29, 1.82) is 0 Å². The van der Waals surface area contributed by atoms with E-state index in [1.54, 1.807) is 9.13 Å². The van der Waals surface area contributed by atoms with Gasteiger partial charge in [-0.05, 0) is 24.1 Å². The Kier molecular flexibility index (Phi) is 5.42. The molecule has 1 aromatic heterocycles. The molecule has 0 saturated heterocycles. The molecule has 1 heterocycles. The van der Waals surface area contributed by atoms with Gasteiger partial charge in [-0.25, -0.2) is 4.79 Å². The molecule has 0 radical (unpaired) electrons. The first kappa shape index (κ1) is 15.1. The minimum atomic E-state index is 0.0312. The second-order valence-electron chi connectivity index (χ2n) is 4.87. The molecule has 110 valence electrons. The molecular formula is C17H20N2O2. The van der Waals surface area contributed by atoms with Gasteiger partial charge in [-0.15, -0.1) is 0 Å². The summed E-state index contributed by atoms with van der Waals surface area (Å²) in [5.74, 6) is 5.87. The van der Waals surface area contributed by atoms with Gasteiger partial charge in [-0.2, -0.15) is 0 Å². The lowest BCUT2D eigenvalue weighted by molar-refractivity contribution is 0.305. The molecular weight excluding hydrogens is 264 g/mol. The molecule has 2 aromatic rings. The molecule has 21 heavy (non-hydrogen) atoms. The predicted octanol–water partition coefficient (Wildman–Crippen LogP) is 1.84. The van der Waals surface area contributed by atoms with Gasteiger partial charge in [0.2, 0.25) is 0 Å². The molecule has 0 amide bonds. The number of aliphatic hydroxyl groups is 1. The molecule has 0 saturated carbocycles. The van der Waals surface area contributed by atoms with Crippen molar-refractivity contribution in [3.63, 3.8) is 0 Å². The number of aliphatic hydroxyl groups excluding tert-OH is 1. The number of rotatable bonds is 5. The summed E-state index contributed by atoms with van der Waals surface area (Å²) < 4.78 is 3.44. The van der Waals surface area contributed by atoms with E-state index in [4.69, 9.17) is 5.11 Å². The van der Waals surface area contributed by atoms with Crippen LogP contribution in [0.2, 0.25) is 0 Å². The number of hydrogen-bond donors (Lipinski definition) is 1. The molecule has 4 heteroatoms. The Balaban J connectivity index is 2.07. The zero-order valence-corrected chi connectivity index (χ0v) is 12.2. The third kappa shape index (κ3) is 4.11. The van der Waals surface area contributed by atoms with Crippen molar-refractivity contribution in [2.45, 2.75) is 32.9 Å². The summed E-state index contributed by atoms with van der Waals surface area (Å²) in [6.45, 7) is 3.47. The van der Waals surface area contributed by atoms with E-state index >= 15 is 0 Å². The molecule has 0 spiro atoms. The molecule has 0 bridgehead atoms. The minimum Gasteiger partial charge on any atom is -0.395 e. The Morgan fingerprint density at radius 3 is 2.52 bits per heavy atom. The number of imidazole rings is 1. The van der Waals surface area contributed by atoms with E-state index in [1.165, 1.54) is 0 Å². The second kappa shape index (κ2) is 7.51. The van der Waals surface area contributed by atoms with Gasteiger partial charge in [0.15, 0.2) is 0 Å². The number of aromatic nitrogens is 2. The number of hydrogen-bond acceptors (Lipinski definition) is 2. The van der Waals surface area contributed by atoms with Crippen LogP contribution in [0.5, 0.6) is 0 Å². The Labute approximate surface area is 124 Å². The second-order valence-corrected chi connectivity index (χ2v) is 4.87. The monoisotopic (exact) mass is 284 g/mol. The van der Waals surface area contributed by atoms with Crippen molar-refractivity contribution in [1.82, 2.24) is 9.13 Å². The fourth-order valence-electron chi connectivity index (χ4n) is 2.10. The number of benzene rings is 1. The summed E-state index contributed by atoms with van der Waals surface area (Å²) >= 11 is 0. The van der Waals surface area contributed by atoms with Gasteiger partial charge < -0.3 is 5.11 Å². The SMILES string of the molecule is CCCn1ccn(Cc2ccc(C#CCCO)cc2)c1=O. The maximum atomic E-state index is 12.1. The van der Waals surface area contributed by atoms with Gasteiger partial charge in [-0.3, -0.25) is 9.13 Å². The Bertz CT molecular complexity index is 684. The topological polar surface area (TPSA) is 47.2 Å². The average Bonchev–Trinajstić information content (AvgIpc) is 2.83. The molecule has 0 unspecified atom stereocenters. The van der Waals surface area contributed by atoms with Gasteiger partial charge in [0, 0.05) is 30.9 Å². The molecule has 0 atom stereocenters. The molecule has 1 aromatic carbocycles. The van der Waals surface area contributed by atoms with Gasteiger partial charge in [0.25, 0.3) is 0 Å². The van der Waals surface area contributed by atoms with E-state index in [2.05, 4.69) is 18.8 Å². The van der Waals surface area contributed by atoms with Crippen molar-refractivity contribution < 1.29 is 5.11 Å². The van der Waals surface area contributed by atoms with Crippen LogP contribution in [0.15, 0.2) is 41.5 Å². The molecule has 0 fully saturated rings. The van der Waals surface area contributed by atoms with E-state index in [-0.39, 0.29) is 12.3 Å². The Morgan fingerprint density at radius 2 is 1.86 bits per heavy atom. The smallest absolute Gasteiger partial charge is 0.328 e. The lowest BCUT2D eigenvalue weighted by atomic mass is 10.1. The average molecular weight is 284 g/mol. The molecule has 0 aliphatic heterocycles. The maximum absolute atomic E-state index is 12.1. The van der Waals surface area contributed by atoms with E-state index in [1.807, 2.05) is 36.7 Å². The zero-order valence-electron chi connectivity index (χ0n) is 12.2. The highest BCUT2D eigenvalue weighted by Gasteiger charge is 2.03. The minimum absolute atomic E-state index is 0.0312. The van der Waals surface area contributed by atoms with Crippen LogP contribution < -0.4 is 5.69 Å². The number of nitrogens with zero attached hydrogens (tertiary/aromatic N) is 2. The zero-order chi connectivity index (χ0) is 15.1. The third-order valence-electron chi connectivity index (χ3n) is 3.16. The summed E-state index contributed by atoms with van der Waals surface area (Å²) in [6.07, 6.45) is 5.10. The normalized spacial score (nSPS) is 10.2. The number of aryl methyl sites for hydroxylation is 1. The summed E-state index contributed by atoms with van der Waals surface area (Å²) in [5, 5.41) is 8.68. The van der Waals surface area contributed by atoms with E-state index in [0.29, 0.717) is 13.0 Å². The lowest BCUT2D eigenvalue weighted by Crippen LogP contribution is -2.24. The van der Waals surface area contributed by atoms with Gasteiger partial charge >= 0.3 is 5.69 Å². The van der Waals surface area contributed by atoms with Crippen molar-refractivity contribution in [2.75, 3.05) is 6.61 Å². The van der Waals surface area contributed by atoms with Crippen LogP contribution in [0.1, 0.15) is 30.9 Å². The quantitative estimate of drug-likeness (QED) is 0.852. The molecule has 0 aliphatic carbocycles. The summed E-state index contributed by atoms with van der Waals surface area (Å²) in [5.41, 5.74) is 2.02. The van der Waals surface area contributed by atoms with E-state index < -0.39 is 0 Å². The van der Waals surface area contributed by atoms with Crippen LogP contribution in [-0.4, -0.2) is 20.8 Å². The van der Waals surface area contributed by atoms with Crippen LogP contribution in [-0.2, 0) is 13.1 Å².